The van der Waals surface area contributed by atoms with Gasteiger partial charge in [-0.3, -0.25) is 4.79 Å². The van der Waals surface area contributed by atoms with Crippen molar-refractivity contribution in [3.8, 4) is 0 Å². The predicted octanol–water partition coefficient (Wildman–Crippen LogP) is 2.42. The highest BCUT2D eigenvalue weighted by molar-refractivity contribution is 5.95. The maximum Gasteiger partial charge on any atom is 0.251 e. The molecule has 0 heterocycles. The van der Waals surface area contributed by atoms with E-state index < -0.39 is 0 Å². The monoisotopic (exact) mass is 255 g/mol. The Bertz CT molecular complexity index is 578. The second-order valence-electron chi connectivity index (χ2n) is 4.48. The van der Waals surface area contributed by atoms with Gasteiger partial charge in [0.15, 0.2) is 0 Å². The van der Waals surface area contributed by atoms with E-state index in [0.29, 0.717) is 12.1 Å². The number of hydrogen-bond acceptors (Lipinski definition) is 2. The molecule has 2 rings (SSSR count). The third-order valence-corrected chi connectivity index (χ3v) is 3.02. The summed E-state index contributed by atoms with van der Waals surface area (Å²) in [6.45, 7) is 2.39. The molecule has 2 aromatic rings. The van der Waals surface area contributed by atoms with Crippen LogP contribution in [-0.2, 0) is 13.2 Å². The quantitative estimate of drug-likeness (QED) is 0.881. The zero-order valence-electron chi connectivity index (χ0n) is 10.9. The minimum Gasteiger partial charge on any atom is -0.392 e. The fourth-order valence-corrected chi connectivity index (χ4v) is 1.94. The molecule has 0 saturated heterocycles. The Kier molecular flexibility index (Phi) is 4.31. The van der Waals surface area contributed by atoms with Crippen molar-refractivity contribution in [2.24, 2.45) is 0 Å². The summed E-state index contributed by atoms with van der Waals surface area (Å²) in [6, 6.07) is 15.0. The molecule has 3 heteroatoms. The number of hydrogen-bond donors (Lipinski definition) is 2. The lowest BCUT2D eigenvalue weighted by Gasteiger charge is -2.08. The Morgan fingerprint density at radius 2 is 1.84 bits per heavy atom. The van der Waals surface area contributed by atoms with Crippen LogP contribution in [0.3, 0.4) is 0 Å². The number of amides is 1. The van der Waals surface area contributed by atoms with Crippen molar-refractivity contribution in [2.75, 3.05) is 0 Å². The smallest absolute Gasteiger partial charge is 0.251 e. The lowest BCUT2D eigenvalue weighted by atomic mass is 10.1. The average Bonchev–Trinajstić information content (AvgIpc) is 2.45. The lowest BCUT2D eigenvalue weighted by Crippen LogP contribution is -2.23. The van der Waals surface area contributed by atoms with E-state index in [1.165, 1.54) is 0 Å². The highest BCUT2D eigenvalue weighted by Gasteiger charge is 2.07. The predicted molar refractivity (Wildman–Crippen MR) is 74.7 cm³/mol. The van der Waals surface area contributed by atoms with E-state index in [1.54, 1.807) is 0 Å². The molecule has 0 fully saturated rings. The van der Waals surface area contributed by atoms with Crippen molar-refractivity contribution >= 4 is 5.91 Å². The van der Waals surface area contributed by atoms with Crippen LogP contribution in [0.2, 0.25) is 0 Å². The molecule has 0 aromatic heterocycles. The Labute approximate surface area is 112 Å². The van der Waals surface area contributed by atoms with Crippen LogP contribution in [0.25, 0.3) is 0 Å². The standard InChI is InChI=1S/C16H17NO2/c1-12-5-2-3-8-15(12)16(19)17-10-13-6-4-7-14(9-13)11-18/h2-9,18H,10-11H2,1H3,(H,17,19). The highest BCUT2D eigenvalue weighted by Crippen LogP contribution is 2.08. The van der Waals surface area contributed by atoms with Crippen molar-refractivity contribution in [3.63, 3.8) is 0 Å². The number of aliphatic hydroxyl groups excluding tert-OH is 1. The van der Waals surface area contributed by atoms with Crippen molar-refractivity contribution < 1.29 is 9.90 Å². The SMILES string of the molecule is Cc1ccccc1C(=O)NCc1cccc(CO)c1. The first kappa shape index (κ1) is 13.3. The summed E-state index contributed by atoms with van der Waals surface area (Å²) in [7, 11) is 0. The van der Waals surface area contributed by atoms with Crippen LogP contribution in [0.4, 0.5) is 0 Å². The van der Waals surface area contributed by atoms with Gasteiger partial charge in [-0.1, -0.05) is 42.5 Å². The molecule has 3 nitrogen and oxygen atoms in total. The van der Waals surface area contributed by atoms with Crippen LogP contribution in [0, 0.1) is 6.92 Å². The van der Waals surface area contributed by atoms with Crippen molar-refractivity contribution in [3.05, 3.63) is 70.8 Å². The van der Waals surface area contributed by atoms with Crippen LogP contribution in [0.15, 0.2) is 48.5 Å². The molecule has 0 atom stereocenters. The van der Waals surface area contributed by atoms with Gasteiger partial charge in [0.2, 0.25) is 0 Å². The average molecular weight is 255 g/mol. The summed E-state index contributed by atoms with van der Waals surface area (Å²) < 4.78 is 0. The van der Waals surface area contributed by atoms with Crippen molar-refractivity contribution in [2.45, 2.75) is 20.1 Å². The molecule has 0 saturated carbocycles. The van der Waals surface area contributed by atoms with E-state index in [9.17, 15) is 4.79 Å². The van der Waals surface area contributed by atoms with Gasteiger partial charge in [-0.25, -0.2) is 0 Å². The summed E-state index contributed by atoms with van der Waals surface area (Å²) in [4.78, 5) is 12.0. The van der Waals surface area contributed by atoms with Gasteiger partial charge in [0.25, 0.3) is 5.91 Å². The molecule has 0 unspecified atom stereocenters. The normalized spacial score (nSPS) is 10.2. The first-order valence-electron chi connectivity index (χ1n) is 6.23. The third kappa shape index (κ3) is 3.42. The Balaban J connectivity index is 2.02. The zero-order valence-corrected chi connectivity index (χ0v) is 10.9. The fraction of sp³-hybridized carbons (Fsp3) is 0.188. The molecule has 2 aromatic carbocycles. The molecule has 0 aliphatic rings. The summed E-state index contributed by atoms with van der Waals surface area (Å²) in [5.74, 6) is -0.0764. The maximum absolute atomic E-state index is 12.0. The van der Waals surface area contributed by atoms with E-state index in [0.717, 1.165) is 16.7 Å². The minimum absolute atomic E-state index is 0.0135. The molecular weight excluding hydrogens is 238 g/mol. The Morgan fingerprint density at radius 3 is 2.58 bits per heavy atom. The number of carbonyl (C=O) groups is 1. The van der Waals surface area contributed by atoms with Gasteiger partial charge in [-0.15, -0.1) is 0 Å². The summed E-state index contributed by atoms with van der Waals surface area (Å²) in [6.07, 6.45) is 0. The third-order valence-electron chi connectivity index (χ3n) is 3.02. The van der Waals surface area contributed by atoms with Gasteiger partial charge >= 0.3 is 0 Å². The maximum atomic E-state index is 12.0. The van der Waals surface area contributed by atoms with Crippen LogP contribution in [0.1, 0.15) is 27.0 Å². The van der Waals surface area contributed by atoms with E-state index in [4.69, 9.17) is 5.11 Å². The van der Waals surface area contributed by atoms with Gasteiger partial charge in [0.1, 0.15) is 0 Å². The number of carbonyl (C=O) groups excluding carboxylic acids is 1. The van der Waals surface area contributed by atoms with Crippen molar-refractivity contribution in [1.29, 1.82) is 0 Å². The van der Waals surface area contributed by atoms with Gasteiger partial charge in [0.05, 0.1) is 6.61 Å². The van der Waals surface area contributed by atoms with Crippen LogP contribution < -0.4 is 5.32 Å². The van der Waals surface area contributed by atoms with E-state index in [-0.39, 0.29) is 12.5 Å². The summed E-state index contributed by atoms with van der Waals surface area (Å²) in [5.41, 5.74) is 3.49. The Morgan fingerprint density at radius 1 is 1.11 bits per heavy atom. The van der Waals surface area contributed by atoms with Gasteiger partial charge in [-0.2, -0.15) is 0 Å². The molecular formula is C16H17NO2. The number of aryl methyl sites for hydroxylation is 1. The molecule has 2 N–H and O–H groups in total. The molecule has 19 heavy (non-hydrogen) atoms. The molecule has 98 valence electrons. The van der Waals surface area contributed by atoms with E-state index >= 15 is 0 Å². The number of rotatable bonds is 4. The van der Waals surface area contributed by atoms with Crippen molar-refractivity contribution in [1.82, 2.24) is 5.32 Å². The van der Waals surface area contributed by atoms with Crippen LogP contribution >= 0.6 is 0 Å². The fourth-order valence-electron chi connectivity index (χ4n) is 1.94. The molecule has 0 aliphatic carbocycles. The second-order valence-corrected chi connectivity index (χ2v) is 4.48. The zero-order chi connectivity index (χ0) is 13.7. The van der Waals surface area contributed by atoms with Gasteiger partial charge < -0.3 is 10.4 Å². The van der Waals surface area contributed by atoms with Crippen LogP contribution in [0.5, 0.6) is 0 Å². The molecule has 0 radical (unpaired) electrons. The summed E-state index contributed by atoms with van der Waals surface area (Å²) in [5, 5.41) is 12.0. The lowest BCUT2D eigenvalue weighted by molar-refractivity contribution is 0.0950. The van der Waals surface area contributed by atoms with Gasteiger partial charge in [0, 0.05) is 12.1 Å². The number of benzene rings is 2. The minimum atomic E-state index is -0.0764. The first-order valence-corrected chi connectivity index (χ1v) is 6.23. The van der Waals surface area contributed by atoms with Crippen LogP contribution in [-0.4, -0.2) is 11.0 Å². The van der Waals surface area contributed by atoms with E-state index in [1.807, 2.05) is 55.5 Å². The summed E-state index contributed by atoms with van der Waals surface area (Å²) >= 11 is 0. The largest absolute Gasteiger partial charge is 0.392 e. The van der Waals surface area contributed by atoms with Gasteiger partial charge in [-0.05, 0) is 29.7 Å². The molecule has 0 spiro atoms. The molecule has 0 bridgehead atoms. The number of nitrogens with one attached hydrogen (secondary N) is 1. The number of aliphatic hydroxyl groups is 1. The molecule has 0 aliphatic heterocycles. The van der Waals surface area contributed by atoms with E-state index in [2.05, 4.69) is 5.32 Å². The highest BCUT2D eigenvalue weighted by atomic mass is 16.3. The first-order chi connectivity index (χ1) is 9.20. The molecule has 1 amide bonds. The second kappa shape index (κ2) is 6.16. The topological polar surface area (TPSA) is 49.3 Å². The Hall–Kier alpha value is -2.13.